The van der Waals surface area contributed by atoms with E-state index in [4.69, 9.17) is 0 Å². The van der Waals surface area contributed by atoms with Gasteiger partial charge < -0.3 is 25.0 Å². The number of phenols is 4. The van der Waals surface area contributed by atoms with E-state index < -0.39 is 11.4 Å². The van der Waals surface area contributed by atoms with Gasteiger partial charge in [-0.1, -0.05) is 51.9 Å². The second-order valence-electron chi connectivity index (χ2n) is 8.40. The maximum atomic E-state index is 13.3. The molecule has 2 aromatic carbocycles. The van der Waals surface area contributed by atoms with Crippen molar-refractivity contribution in [1.82, 2.24) is 8.61 Å². The number of hydrogen-bond donors (Lipinski definition) is 4. The Morgan fingerprint density at radius 1 is 0.735 bits per heavy atom. The van der Waals surface area contributed by atoms with Crippen molar-refractivity contribution >= 4 is 23.3 Å². The molecule has 0 aliphatic heterocycles. The molecule has 4 N–H and O–H groups in total. The smallest absolute Gasteiger partial charge is 0.178 e. The third-order valence-electron chi connectivity index (χ3n) is 5.52. The summed E-state index contributed by atoms with van der Waals surface area (Å²) in [6.07, 6.45) is 9.52. The van der Waals surface area contributed by atoms with E-state index in [-0.39, 0.29) is 23.0 Å². The molecule has 2 rings (SSSR count). The fourth-order valence-corrected chi connectivity index (χ4v) is 5.56. The van der Waals surface area contributed by atoms with Gasteiger partial charge in [-0.3, -0.25) is 0 Å². The molecule has 0 aromatic heterocycles. The predicted molar refractivity (Wildman–Crippen MR) is 139 cm³/mol. The van der Waals surface area contributed by atoms with Crippen LogP contribution < -0.4 is 0 Å². The molecule has 0 bridgehead atoms. The Bertz CT molecular complexity index is 871. The van der Waals surface area contributed by atoms with Crippen LogP contribution in [0, 0.1) is 0 Å². The third-order valence-corrected chi connectivity index (χ3v) is 7.97. The minimum Gasteiger partial charge on any atom is -0.593 e. The minimum absolute atomic E-state index is 0.156. The van der Waals surface area contributed by atoms with E-state index >= 15 is 0 Å². The van der Waals surface area contributed by atoms with Crippen molar-refractivity contribution in [3.05, 3.63) is 36.4 Å². The highest BCUT2D eigenvalue weighted by Gasteiger charge is 2.24. The minimum atomic E-state index is -1.47. The molecule has 7 nitrogen and oxygen atoms in total. The normalized spacial score (nSPS) is 12.5. The van der Waals surface area contributed by atoms with E-state index in [1.54, 1.807) is 12.1 Å². The third kappa shape index (κ3) is 9.84. The number of phenolic OH excluding ortho intramolecular Hbond substituents is 4. The molecule has 1 unspecified atom stereocenters. The van der Waals surface area contributed by atoms with Gasteiger partial charge in [-0.15, -0.1) is 4.31 Å². The van der Waals surface area contributed by atoms with Crippen molar-refractivity contribution in [2.75, 3.05) is 26.7 Å². The summed E-state index contributed by atoms with van der Waals surface area (Å²) in [6, 6.07) is 8.97. The van der Waals surface area contributed by atoms with E-state index in [9.17, 15) is 25.0 Å². The lowest BCUT2D eigenvalue weighted by Crippen LogP contribution is -2.37. The summed E-state index contributed by atoms with van der Waals surface area (Å²) in [5.41, 5.74) is 0. The SMILES string of the molecule is CCCCCCCCCCN(CCN(C)Sc1ccc(O)c(O)c1)[S+]([O-])c1ccc(O)c(O)c1. The molecule has 0 saturated heterocycles. The molecule has 2 aromatic rings. The average Bonchev–Trinajstić information content (AvgIpc) is 2.81. The van der Waals surface area contributed by atoms with E-state index in [2.05, 4.69) is 6.92 Å². The van der Waals surface area contributed by atoms with Crippen LogP contribution in [-0.4, -0.2) is 60.3 Å². The van der Waals surface area contributed by atoms with Gasteiger partial charge in [-0.05, 0) is 55.7 Å². The molecule has 0 radical (unpaired) electrons. The Morgan fingerprint density at radius 3 is 1.94 bits per heavy atom. The van der Waals surface area contributed by atoms with Gasteiger partial charge in [0.15, 0.2) is 27.9 Å². The first-order valence-corrected chi connectivity index (χ1v) is 13.8. The van der Waals surface area contributed by atoms with Gasteiger partial charge in [0.1, 0.15) is 0 Å². The first-order valence-electron chi connectivity index (χ1n) is 11.9. The lowest BCUT2D eigenvalue weighted by molar-refractivity contribution is 0.370. The number of likely N-dealkylation sites (N-methyl/N-ethyl adjacent to an activating group) is 1. The Kier molecular flexibility index (Phi) is 12.8. The van der Waals surface area contributed by atoms with Crippen molar-refractivity contribution in [3.63, 3.8) is 0 Å². The number of aromatic hydroxyl groups is 4. The Hall–Kier alpha value is -1.78. The molecule has 1 atom stereocenters. The highest BCUT2D eigenvalue weighted by molar-refractivity contribution is 7.97. The van der Waals surface area contributed by atoms with Crippen LogP contribution in [0.2, 0.25) is 0 Å². The second-order valence-corrected chi connectivity index (χ2v) is 11.2. The van der Waals surface area contributed by atoms with E-state index in [1.807, 2.05) is 15.7 Å². The monoisotopic (exact) mass is 510 g/mol. The molecule has 0 fully saturated rings. The summed E-state index contributed by atoms with van der Waals surface area (Å²) < 4.78 is 17.1. The molecule has 34 heavy (non-hydrogen) atoms. The van der Waals surface area contributed by atoms with Gasteiger partial charge in [0, 0.05) is 24.1 Å². The number of nitrogens with zero attached hydrogens (tertiary/aromatic N) is 2. The molecular weight excluding hydrogens is 472 g/mol. The van der Waals surface area contributed by atoms with Gasteiger partial charge >= 0.3 is 0 Å². The van der Waals surface area contributed by atoms with Crippen LogP contribution in [0.4, 0.5) is 0 Å². The molecule has 0 spiro atoms. The van der Waals surface area contributed by atoms with E-state index in [1.165, 1.54) is 74.7 Å². The fraction of sp³-hybridized carbons (Fsp3) is 0.520. The van der Waals surface area contributed by atoms with Crippen LogP contribution in [0.15, 0.2) is 46.2 Å². The molecule has 9 heteroatoms. The van der Waals surface area contributed by atoms with Crippen LogP contribution >= 0.6 is 11.9 Å². The number of rotatable bonds is 16. The fourth-order valence-electron chi connectivity index (χ4n) is 3.50. The Balaban J connectivity index is 1.92. The van der Waals surface area contributed by atoms with Crippen molar-refractivity contribution in [2.45, 2.75) is 68.1 Å². The molecular formula is C25H38N2O5S2. The lowest BCUT2D eigenvalue weighted by atomic mass is 10.1. The molecule has 0 amide bonds. The van der Waals surface area contributed by atoms with Gasteiger partial charge in [0.25, 0.3) is 0 Å². The zero-order valence-electron chi connectivity index (χ0n) is 20.2. The highest BCUT2D eigenvalue weighted by Crippen LogP contribution is 2.32. The van der Waals surface area contributed by atoms with Gasteiger partial charge in [-0.2, -0.15) is 0 Å². The highest BCUT2D eigenvalue weighted by atomic mass is 32.2. The van der Waals surface area contributed by atoms with Crippen molar-refractivity contribution in [2.24, 2.45) is 0 Å². The van der Waals surface area contributed by atoms with Gasteiger partial charge in [0.2, 0.25) is 0 Å². The summed E-state index contributed by atoms with van der Waals surface area (Å²) >= 11 is -0.0424. The van der Waals surface area contributed by atoms with Crippen LogP contribution in [-0.2, 0) is 11.4 Å². The molecule has 0 heterocycles. The lowest BCUT2D eigenvalue weighted by Gasteiger charge is -2.26. The van der Waals surface area contributed by atoms with Crippen LogP contribution in [0.3, 0.4) is 0 Å². The van der Waals surface area contributed by atoms with Crippen molar-refractivity contribution in [3.8, 4) is 23.0 Å². The van der Waals surface area contributed by atoms with Crippen LogP contribution in [0.25, 0.3) is 0 Å². The average molecular weight is 511 g/mol. The topological polar surface area (TPSA) is 110 Å². The summed E-state index contributed by atoms with van der Waals surface area (Å²) in [5, 5.41) is 38.6. The first-order chi connectivity index (χ1) is 16.3. The summed E-state index contributed by atoms with van der Waals surface area (Å²) in [7, 11) is 1.92. The summed E-state index contributed by atoms with van der Waals surface area (Å²) in [5.74, 6) is -0.833. The molecule has 0 aliphatic carbocycles. The van der Waals surface area contributed by atoms with Crippen LogP contribution in [0.1, 0.15) is 58.3 Å². The zero-order chi connectivity index (χ0) is 24.9. The van der Waals surface area contributed by atoms with Crippen LogP contribution in [0.5, 0.6) is 23.0 Å². The van der Waals surface area contributed by atoms with Gasteiger partial charge in [0.05, 0.1) is 17.9 Å². The molecule has 190 valence electrons. The molecule has 0 saturated carbocycles. The maximum Gasteiger partial charge on any atom is 0.178 e. The molecule has 0 aliphatic rings. The largest absolute Gasteiger partial charge is 0.593 e. The van der Waals surface area contributed by atoms with Crippen molar-refractivity contribution in [1.29, 1.82) is 0 Å². The zero-order valence-corrected chi connectivity index (χ0v) is 21.8. The second kappa shape index (κ2) is 15.3. The number of hydrogen-bond acceptors (Lipinski definition) is 8. The van der Waals surface area contributed by atoms with Crippen molar-refractivity contribution < 1.29 is 25.0 Å². The quantitative estimate of drug-likeness (QED) is 0.0998. The van der Waals surface area contributed by atoms with Gasteiger partial charge in [-0.25, -0.2) is 4.31 Å². The summed E-state index contributed by atoms with van der Waals surface area (Å²) in [6.45, 7) is 4.03. The van der Waals surface area contributed by atoms with E-state index in [0.29, 0.717) is 24.5 Å². The number of unbranched alkanes of at least 4 members (excludes halogenated alkanes) is 7. The Labute approximate surface area is 210 Å². The maximum absolute atomic E-state index is 13.3. The number of benzene rings is 2. The van der Waals surface area contributed by atoms with E-state index in [0.717, 1.165) is 17.7 Å². The Morgan fingerprint density at radius 2 is 1.32 bits per heavy atom. The predicted octanol–water partition coefficient (Wildman–Crippen LogP) is 5.61. The first kappa shape index (κ1) is 28.5. The standard InChI is InChI=1S/C25H38N2O5S2/c1-3-4-5-6-7-8-9-10-15-27(34(32)21-12-14-23(29)25(31)19-21)17-16-26(2)33-20-11-13-22(28)24(30)18-20/h11-14,18-19,28-31H,3-10,15-17H2,1-2H3. The summed E-state index contributed by atoms with van der Waals surface area (Å²) in [4.78, 5) is 1.24.